The molecule has 0 spiro atoms. The Balaban J connectivity index is 1.83. The van der Waals surface area contributed by atoms with Crippen LogP contribution in [0.4, 0.5) is 5.69 Å². The number of anilines is 1. The molecule has 2 N–H and O–H groups in total. The summed E-state index contributed by atoms with van der Waals surface area (Å²) in [7, 11) is 0. The number of thiophene rings is 1. The number of hydrogen-bond acceptors (Lipinski definition) is 3. The van der Waals surface area contributed by atoms with Crippen molar-refractivity contribution in [1.29, 1.82) is 0 Å². The van der Waals surface area contributed by atoms with Gasteiger partial charge in [-0.3, -0.25) is 5.43 Å². The van der Waals surface area contributed by atoms with Gasteiger partial charge in [0.2, 0.25) is 0 Å². The van der Waals surface area contributed by atoms with Crippen molar-refractivity contribution in [1.82, 2.24) is 5.43 Å². The number of rotatable bonds is 3. The van der Waals surface area contributed by atoms with Gasteiger partial charge in [-0.1, -0.05) is 18.2 Å². The maximum Gasteiger partial charge on any atom is 0.191 e. The number of nitrogens with one attached hydrogen (secondary N) is 2. The maximum atomic E-state index is 5.11. The van der Waals surface area contributed by atoms with E-state index in [1.54, 1.807) is 17.6 Å². The summed E-state index contributed by atoms with van der Waals surface area (Å²) in [4.78, 5) is 1.05. The lowest BCUT2D eigenvalue weighted by Gasteiger charge is -2.05. The van der Waals surface area contributed by atoms with Gasteiger partial charge in [0.15, 0.2) is 5.11 Å². The van der Waals surface area contributed by atoms with Crippen LogP contribution in [0.15, 0.2) is 51.4 Å². The zero-order valence-corrected chi connectivity index (χ0v) is 12.5. The molecule has 1 aromatic heterocycles. The van der Waals surface area contributed by atoms with Crippen LogP contribution in [0.3, 0.4) is 0 Å². The molecule has 3 nitrogen and oxygen atoms in total. The van der Waals surface area contributed by atoms with Gasteiger partial charge in [-0.25, -0.2) is 0 Å². The standard InChI is InChI=1S/C12H10BrN3S2/c13-11-7-6-10(18-11)8-14-16-12(17)15-9-4-2-1-3-5-9/h1-8H,(H2,15,16,17)/b14-8+. The van der Waals surface area contributed by atoms with Crippen molar-refractivity contribution in [2.24, 2.45) is 5.10 Å². The summed E-state index contributed by atoms with van der Waals surface area (Å²) >= 11 is 10.1. The zero-order chi connectivity index (χ0) is 12.8. The smallest absolute Gasteiger partial charge is 0.191 e. The average Bonchev–Trinajstić information content (AvgIpc) is 2.76. The Morgan fingerprint density at radius 3 is 2.67 bits per heavy atom. The first-order chi connectivity index (χ1) is 8.74. The molecule has 0 radical (unpaired) electrons. The third-order valence-corrected chi connectivity index (χ3v) is 3.74. The highest BCUT2D eigenvalue weighted by molar-refractivity contribution is 9.11. The summed E-state index contributed by atoms with van der Waals surface area (Å²) in [5, 5.41) is 7.56. The molecule has 0 amide bonds. The van der Waals surface area contributed by atoms with E-state index in [-0.39, 0.29) is 0 Å². The number of nitrogens with zero attached hydrogens (tertiary/aromatic N) is 1. The van der Waals surface area contributed by atoms with Crippen LogP contribution < -0.4 is 10.7 Å². The Morgan fingerprint density at radius 1 is 1.22 bits per heavy atom. The molecule has 0 unspecified atom stereocenters. The molecule has 92 valence electrons. The average molecular weight is 340 g/mol. The van der Waals surface area contributed by atoms with Gasteiger partial charge in [0.1, 0.15) is 0 Å². The minimum absolute atomic E-state index is 0.466. The molecule has 2 aromatic rings. The van der Waals surface area contributed by atoms with E-state index in [1.165, 1.54) is 0 Å². The first-order valence-electron chi connectivity index (χ1n) is 5.14. The molecular formula is C12H10BrN3S2. The molecular weight excluding hydrogens is 330 g/mol. The van der Waals surface area contributed by atoms with Crippen molar-refractivity contribution >= 4 is 56.5 Å². The van der Waals surface area contributed by atoms with Crippen molar-refractivity contribution in [3.63, 3.8) is 0 Å². The van der Waals surface area contributed by atoms with Crippen molar-refractivity contribution in [2.45, 2.75) is 0 Å². The largest absolute Gasteiger partial charge is 0.331 e. The number of halogens is 1. The van der Waals surface area contributed by atoms with Crippen molar-refractivity contribution in [2.75, 3.05) is 5.32 Å². The summed E-state index contributed by atoms with van der Waals surface area (Å²) in [5.74, 6) is 0. The third kappa shape index (κ3) is 4.21. The lowest BCUT2D eigenvalue weighted by molar-refractivity contribution is 1.05. The first-order valence-corrected chi connectivity index (χ1v) is 7.16. The summed E-state index contributed by atoms with van der Waals surface area (Å²) in [5.41, 5.74) is 3.70. The Kier molecular flexibility index (Phi) is 4.86. The Morgan fingerprint density at radius 2 is 2.00 bits per heavy atom. The first kappa shape index (κ1) is 13.2. The van der Waals surface area contributed by atoms with E-state index in [0.717, 1.165) is 14.4 Å². The predicted molar refractivity (Wildman–Crippen MR) is 85.4 cm³/mol. The Bertz CT molecular complexity index is 551. The molecule has 0 saturated carbocycles. The molecule has 6 heteroatoms. The fourth-order valence-corrected chi connectivity index (χ4v) is 2.70. The highest BCUT2D eigenvalue weighted by Gasteiger charge is 1.95. The van der Waals surface area contributed by atoms with E-state index in [0.29, 0.717) is 5.11 Å². The fraction of sp³-hybridized carbons (Fsp3) is 0. The van der Waals surface area contributed by atoms with E-state index in [9.17, 15) is 0 Å². The van der Waals surface area contributed by atoms with Gasteiger partial charge in [-0.2, -0.15) is 5.10 Å². The topological polar surface area (TPSA) is 36.4 Å². The summed E-state index contributed by atoms with van der Waals surface area (Å²) in [6.45, 7) is 0. The van der Waals surface area contributed by atoms with Crippen LogP contribution in [0.1, 0.15) is 4.88 Å². The predicted octanol–water partition coefficient (Wildman–Crippen LogP) is 3.83. The number of para-hydroxylation sites is 1. The summed E-state index contributed by atoms with van der Waals surface area (Å²) in [6, 6.07) is 13.7. The van der Waals surface area contributed by atoms with Crippen molar-refractivity contribution in [3.05, 3.63) is 51.1 Å². The molecule has 0 fully saturated rings. The van der Waals surface area contributed by atoms with Crippen LogP contribution in [0.2, 0.25) is 0 Å². The van der Waals surface area contributed by atoms with Gasteiger partial charge in [0.05, 0.1) is 10.0 Å². The zero-order valence-electron chi connectivity index (χ0n) is 9.26. The molecule has 0 aliphatic carbocycles. The monoisotopic (exact) mass is 339 g/mol. The van der Waals surface area contributed by atoms with Gasteiger partial charge in [-0.15, -0.1) is 11.3 Å². The maximum absolute atomic E-state index is 5.11. The summed E-state index contributed by atoms with van der Waals surface area (Å²) in [6.07, 6.45) is 1.73. The van der Waals surface area contributed by atoms with Crippen LogP contribution in [-0.2, 0) is 0 Å². The van der Waals surface area contributed by atoms with E-state index in [1.807, 2.05) is 42.5 Å². The van der Waals surface area contributed by atoms with Crippen LogP contribution in [0, 0.1) is 0 Å². The molecule has 0 atom stereocenters. The molecule has 18 heavy (non-hydrogen) atoms. The Hall–Kier alpha value is -1.24. The van der Waals surface area contributed by atoms with Gasteiger partial charge in [0.25, 0.3) is 0 Å². The second-order valence-electron chi connectivity index (χ2n) is 3.33. The number of thiocarbonyl (C=S) groups is 1. The molecule has 0 aliphatic rings. The molecule has 0 aliphatic heterocycles. The molecule has 0 bridgehead atoms. The normalized spacial score (nSPS) is 10.5. The van der Waals surface area contributed by atoms with Crippen LogP contribution in [0.5, 0.6) is 0 Å². The Labute approximate surface area is 123 Å². The van der Waals surface area contributed by atoms with Gasteiger partial charge in [0, 0.05) is 10.6 Å². The minimum atomic E-state index is 0.466. The van der Waals surface area contributed by atoms with E-state index >= 15 is 0 Å². The number of hydrogen-bond donors (Lipinski definition) is 2. The van der Waals surface area contributed by atoms with Gasteiger partial charge < -0.3 is 5.32 Å². The van der Waals surface area contributed by atoms with Crippen molar-refractivity contribution in [3.8, 4) is 0 Å². The second kappa shape index (κ2) is 6.63. The number of hydrazone groups is 1. The fourth-order valence-electron chi connectivity index (χ4n) is 1.23. The second-order valence-corrected chi connectivity index (χ2v) is 6.23. The minimum Gasteiger partial charge on any atom is -0.331 e. The molecule has 0 saturated heterocycles. The van der Waals surface area contributed by atoms with E-state index in [2.05, 4.69) is 31.8 Å². The molecule has 1 heterocycles. The van der Waals surface area contributed by atoms with Crippen LogP contribution >= 0.6 is 39.5 Å². The quantitative estimate of drug-likeness (QED) is 0.506. The summed E-state index contributed by atoms with van der Waals surface area (Å²) < 4.78 is 1.08. The van der Waals surface area contributed by atoms with Gasteiger partial charge >= 0.3 is 0 Å². The third-order valence-electron chi connectivity index (χ3n) is 1.98. The van der Waals surface area contributed by atoms with Crippen LogP contribution in [-0.4, -0.2) is 11.3 Å². The van der Waals surface area contributed by atoms with E-state index in [4.69, 9.17) is 12.2 Å². The SMILES string of the molecule is S=C(N/N=C/c1ccc(Br)s1)Nc1ccccc1. The van der Waals surface area contributed by atoms with Gasteiger partial charge in [-0.05, 0) is 52.4 Å². The van der Waals surface area contributed by atoms with Crippen LogP contribution in [0.25, 0.3) is 0 Å². The van der Waals surface area contributed by atoms with E-state index < -0.39 is 0 Å². The molecule has 1 aromatic carbocycles. The highest BCUT2D eigenvalue weighted by Crippen LogP contribution is 2.20. The molecule has 2 rings (SSSR count). The lowest BCUT2D eigenvalue weighted by Crippen LogP contribution is -2.23. The van der Waals surface area contributed by atoms with Crippen molar-refractivity contribution < 1.29 is 0 Å². The lowest BCUT2D eigenvalue weighted by atomic mass is 10.3. The highest BCUT2D eigenvalue weighted by atomic mass is 79.9. The number of benzene rings is 1.